The minimum atomic E-state index is 0.445. The summed E-state index contributed by atoms with van der Waals surface area (Å²) in [5.41, 5.74) is 2.69. The van der Waals surface area contributed by atoms with Gasteiger partial charge in [-0.3, -0.25) is 0 Å². The molecule has 1 atom stereocenters. The molecule has 0 saturated heterocycles. The second-order valence-electron chi connectivity index (χ2n) is 4.79. The van der Waals surface area contributed by atoms with Crippen LogP contribution in [-0.4, -0.2) is 19.8 Å². The molecule has 1 rings (SSSR count). The molecule has 0 bridgehead atoms. The SMILES string of the molecule is CCCCOCCNC(CC)c1ccc(C)cc1. The molecule has 18 heavy (non-hydrogen) atoms. The Bertz CT molecular complexity index is 307. The van der Waals surface area contributed by atoms with E-state index in [0.29, 0.717) is 6.04 Å². The molecule has 1 aromatic rings. The van der Waals surface area contributed by atoms with Crippen LogP contribution in [0.2, 0.25) is 0 Å². The molecular weight excluding hydrogens is 222 g/mol. The monoisotopic (exact) mass is 249 g/mol. The van der Waals surface area contributed by atoms with E-state index < -0.39 is 0 Å². The van der Waals surface area contributed by atoms with Gasteiger partial charge in [0.05, 0.1) is 6.61 Å². The Kier molecular flexibility index (Phi) is 7.70. The standard InChI is InChI=1S/C16H27NO/c1-4-6-12-18-13-11-17-16(5-2)15-9-7-14(3)8-10-15/h7-10,16-17H,4-6,11-13H2,1-3H3. The topological polar surface area (TPSA) is 21.3 Å². The molecule has 0 saturated carbocycles. The maximum absolute atomic E-state index is 5.56. The van der Waals surface area contributed by atoms with Crippen LogP contribution in [0, 0.1) is 6.92 Å². The van der Waals surface area contributed by atoms with Crippen LogP contribution in [0.4, 0.5) is 0 Å². The number of hydrogen-bond donors (Lipinski definition) is 1. The normalized spacial score (nSPS) is 12.6. The van der Waals surface area contributed by atoms with Gasteiger partial charge in [0.25, 0.3) is 0 Å². The Balaban J connectivity index is 2.27. The zero-order valence-electron chi connectivity index (χ0n) is 12.0. The molecule has 0 spiro atoms. The predicted octanol–water partition coefficient (Wildman–Crippen LogP) is 3.85. The minimum Gasteiger partial charge on any atom is -0.380 e. The lowest BCUT2D eigenvalue weighted by Crippen LogP contribution is -2.25. The first-order valence-corrected chi connectivity index (χ1v) is 7.15. The Morgan fingerprint density at radius 1 is 1.11 bits per heavy atom. The number of hydrogen-bond acceptors (Lipinski definition) is 2. The van der Waals surface area contributed by atoms with Gasteiger partial charge in [-0.05, 0) is 25.3 Å². The Morgan fingerprint density at radius 3 is 2.44 bits per heavy atom. The van der Waals surface area contributed by atoms with Crippen molar-refractivity contribution in [2.75, 3.05) is 19.8 Å². The summed E-state index contributed by atoms with van der Waals surface area (Å²) in [6.07, 6.45) is 3.47. The van der Waals surface area contributed by atoms with Crippen molar-refractivity contribution in [3.8, 4) is 0 Å². The highest BCUT2D eigenvalue weighted by Crippen LogP contribution is 2.16. The van der Waals surface area contributed by atoms with Gasteiger partial charge in [-0.2, -0.15) is 0 Å². The second-order valence-corrected chi connectivity index (χ2v) is 4.79. The number of nitrogens with one attached hydrogen (secondary N) is 1. The molecule has 2 nitrogen and oxygen atoms in total. The Labute approximate surface area is 112 Å². The van der Waals surface area contributed by atoms with Crippen LogP contribution in [-0.2, 0) is 4.74 Å². The zero-order chi connectivity index (χ0) is 13.2. The van der Waals surface area contributed by atoms with E-state index in [1.807, 2.05) is 0 Å². The molecule has 0 radical (unpaired) electrons. The van der Waals surface area contributed by atoms with Crippen LogP contribution >= 0.6 is 0 Å². The number of aryl methyl sites for hydroxylation is 1. The smallest absolute Gasteiger partial charge is 0.0591 e. The van der Waals surface area contributed by atoms with Gasteiger partial charge in [-0.1, -0.05) is 50.1 Å². The summed E-state index contributed by atoms with van der Waals surface area (Å²) in [5, 5.41) is 3.56. The van der Waals surface area contributed by atoms with Gasteiger partial charge in [0.2, 0.25) is 0 Å². The Hall–Kier alpha value is -0.860. The first kappa shape index (κ1) is 15.2. The van der Waals surface area contributed by atoms with E-state index >= 15 is 0 Å². The van der Waals surface area contributed by atoms with E-state index in [0.717, 1.165) is 32.6 Å². The zero-order valence-corrected chi connectivity index (χ0v) is 12.0. The summed E-state index contributed by atoms with van der Waals surface area (Å²) in [7, 11) is 0. The van der Waals surface area contributed by atoms with E-state index in [1.165, 1.54) is 17.5 Å². The van der Waals surface area contributed by atoms with E-state index in [1.54, 1.807) is 0 Å². The van der Waals surface area contributed by atoms with Crippen LogP contribution < -0.4 is 5.32 Å². The lowest BCUT2D eigenvalue weighted by molar-refractivity contribution is 0.130. The molecule has 0 heterocycles. The van der Waals surface area contributed by atoms with Crippen molar-refractivity contribution in [3.05, 3.63) is 35.4 Å². The maximum Gasteiger partial charge on any atom is 0.0591 e. The fourth-order valence-electron chi connectivity index (χ4n) is 1.95. The largest absolute Gasteiger partial charge is 0.380 e. The lowest BCUT2D eigenvalue weighted by atomic mass is 10.0. The summed E-state index contributed by atoms with van der Waals surface area (Å²) in [4.78, 5) is 0. The van der Waals surface area contributed by atoms with E-state index in [9.17, 15) is 0 Å². The third-order valence-corrected chi connectivity index (χ3v) is 3.17. The quantitative estimate of drug-likeness (QED) is 0.671. The van der Waals surface area contributed by atoms with Crippen molar-refractivity contribution in [1.82, 2.24) is 5.32 Å². The van der Waals surface area contributed by atoms with Crippen molar-refractivity contribution < 1.29 is 4.74 Å². The van der Waals surface area contributed by atoms with Crippen LogP contribution in [0.5, 0.6) is 0 Å². The number of ether oxygens (including phenoxy) is 1. The van der Waals surface area contributed by atoms with Crippen LogP contribution in [0.25, 0.3) is 0 Å². The van der Waals surface area contributed by atoms with Crippen molar-refractivity contribution in [2.24, 2.45) is 0 Å². The first-order chi connectivity index (χ1) is 8.77. The highest BCUT2D eigenvalue weighted by molar-refractivity contribution is 5.23. The van der Waals surface area contributed by atoms with Gasteiger partial charge in [-0.25, -0.2) is 0 Å². The number of unbranched alkanes of at least 4 members (excludes halogenated alkanes) is 1. The summed E-state index contributed by atoms with van der Waals surface area (Å²) < 4.78 is 5.56. The van der Waals surface area contributed by atoms with E-state index in [4.69, 9.17) is 4.74 Å². The molecule has 0 aromatic heterocycles. The van der Waals surface area contributed by atoms with Crippen LogP contribution in [0.3, 0.4) is 0 Å². The fourth-order valence-corrected chi connectivity index (χ4v) is 1.95. The van der Waals surface area contributed by atoms with E-state index in [2.05, 4.69) is 50.4 Å². The summed E-state index contributed by atoms with van der Waals surface area (Å²) in [6.45, 7) is 9.15. The van der Waals surface area contributed by atoms with Gasteiger partial charge >= 0.3 is 0 Å². The molecule has 1 unspecified atom stereocenters. The molecule has 1 aromatic carbocycles. The van der Waals surface area contributed by atoms with Gasteiger partial charge in [0.1, 0.15) is 0 Å². The van der Waals surface area contributed by atoms with Crippen molar-refractivity contribution in [2.45, 2.75) is 46.1 Å². The molecule has 0 fully saturated rings. The van der Waals surface area contributed by atoms with Crippen LogP contribution in [0.1, 0.15) is 50.3 Å². The van der Waals surface area contributed by atoms with Gasteiger partial charge < -0.3 is 10.1 Å². The number of benzene rings is 1. The fraction of sp³-hybridized carbons (Fsp3) is 0.625. The van der Waals surface area contributed by atoms with Crippen molar-refractivity contribution in [1.29, 1.82) is 0 Å². The third kappa shape index (κ3) is 5.65. The van der Waals surface area contributed by atoms with Gasteiger partial charge in [0, 0.05) is 19.2 Å². The molecule has 0 aliphatic carbocycles. The summed E-state index contributed by atoms with van der Waals surface area (Å²) in [5.74, 6) is 0. The third-order valence-electron chi connectivity index (χ3n) is 3.17. The maximum atomic E-state index is 5.56. The minimum absolute atomic E-state index is 0.445. The molecular formula is C16H27NO. The van der Waals surface area contributed by atoms with Gasteiger partial charge in [-0.15, -0.1) is 0 Å². The summed E-state index contributed by atoms with van der Waals surface area (Å²) in [6, 6.07) is 9.23. The van der Waals surface area contributed by atoms with Crippen molar-refractivity contribution >= 4 is 0 Å². The molecule has 0 aliphatic heterocycles. The molecule has 0 aliphatic rings. The first-order valence-electron chi connectivity index (χ1n) is 7.15. The number of rotatable bonds is 9. The molecule has 2 heteroatoms. The molecule has 0 amide bonds. The van der Waals surface area contributed by atoms with Crippen LogP contribution in [0.15, 0.2) is 24.3 Å². The second kappa shape index (κ2) is 9.12. The highest BCUT2D eigenvalue weighted by atomic mass is 16.5. The average Bonchev–Trinajstić information content (AvgIpc) is 2.39. The highest BCUT2D eigenvalue weighted by Gasteiger charge is 2.07. The molecule has 1 N–H and O–H groups in total. The average molecular weight is 249 g/mol. The molecule has 102 valence electrons. The predicted molar refractivity (Wildman–Crippen MR) is 77.9 cm³/mol. The van der Waals surface area contributed by atoms with E-state index in [-0.39, 0.29) is 0 Å². The van der Waals surface area contributed by atoms with Gasteiger partial charge in [0.15, 0.2) is 0 Å². The van der Waals surface area contributed by atoms with Crippen molar-refractivity contribution in [3.63, 3.8) is 0 Å². The summed E-state index contributed by atoms with van der Waals surface area (Å²) >= 11 is 0. The Morgan fingerprint density at radius 2 is 1.83 bits per heavy atom. The lowest BCUT2D eigenvalue weighted by Gasteiger charge is -2.17.